The van der Waals surface area contributed by atoms with Gasteiger partial charge in [0.25, 0.3) is 5.91 Å². The van der Waals surface area contributed by atoms with Crippen molar-refractivity contribution in [1.82, 2.24) is 14.6 Å². The van der Waals surface area contributed by atoms with Crippen molar-refractivity contribution in [3.05, 3.63) is 53.7 Å². The van der Waals surface area contributed by atoms with Crippen LogP contribution in [0.3, 0.4) is 0 Å². The Morgan fingerprint density at radius 2 is 1.97 bits per heavy atom. The Kier molecular flexibility index (Phi) is 8.03. The van der Waals surface area contributed by atoms with E-state index in [1.807, 2.05) is 4.90 Å². The number of hydrogen-bond donors (Lipinski definition) is 1. The minimum absolute atomic E-state index is 0.00839. The molecule has 3 rings (SSSR count). The zero-order chi connectivity index (χ0) is 23.8. The van der Waals surface area contributed by atoms with Gasteiger partial charge in [-0.15, -0.1) is 6.42 Å². The summed E-state index contributed by atoms with van der Waals surface area (Å²) in [5.41, 5.74) is 0.683. The number of amides is 1. The molecule has 0 bridgehead atoms. The normalized spacial score (nSPS) is 14.3. The molecule has 0 unspecified atom stereocenters. The molecule has 10 heteroatoms. The van der Waals surface area contributed by atoms with E-state index in [9.17, 15) is 18.0 Å². The van der Waals surface area contributed by atoms with Gasteiger partial charge in [-0.25, -0.2) is 18.2 Å². The summed E-state index contributed by atoms with van der Waals surface area (Å²) in [4.78, 5) is 33.0. The number of terminal acetylenes is 1. The van der Waals surface area contributed by atoms with Crippen LogP contribution in [0.25, 0.3) is 0 Å². The van der Waals surface area contributed by atoms with E-state index in [0.29, 0.717) is 49.7 Å². The predicted octanol–water partition coefficient (Wildman–Crippen LogP) is 1.52. The lowest BCUT2D eigenvalue weighted by Gasteiger charge is -2.23. The van der Waals surface area contributed by atoms with E-state index in [1.54, 1.807) is 30.0 Å². The van der Waals surface area contributed by atoms with E-state index < -0.39 is 16.0 Å². The van der Waals surface area contributed by atoms with Crippen LogP contribution in [0.1, 0.15) is 34.1 Å². The zero-order valence-corrected chi connectivity index (χ0v) is 19.2. The lowest BCUT2D eigenvalue weighted by Crippen LogP contribution is -2.35. The van der Waals surface area contributed by atoms with Crippen LogP contribution in [0.4, 0.5) is 5.82 Å². The van der Waals surface area contributed by atoms with Gasteiger partial charge in [0.1, 0.15) is 5.82 Å². The minimum atomic E-state index is -3.79. The highest BCUT2D eigenvalue weighted by Crippen LogP contribution is 2.18. The molecular weight excluding hydrogens is 444 g/mol. The molecule has 0 aliphatic carbocycles. The number of hydrogen-bond acceptors (Lipinski definition) is 7. The number of pyridine rings is 1. The molecule has 1 amide bonds. The monoisotopic (exact) mass is 470 g/mol. The molecule has 2 heterocycles. The van der Waals surface area contributed by atoms with Crippen LogP contribution in [0.2, 0.25) is 0 Å². The largest absolute Gasteiger partial charge is 0.462 e. The number of anilines is 1. The van der Waals surface area contributed by atoms with Gasteiger partial charge in [0.15, 0.2) is 0 Å². The predicted molar refractivity (Wildman–Crippen MR) is 123 cm³/mol. The molecule has 1 fully saturated rings. The zero-order valence-electron chi connectivity index (χ0n) is 18.4. The van der Waals surface area contributed by atoms with E-state index in [1.165, 1.54) is 24.4 Å². The highest BCUT2D eigenvalue weighted by molar-refractivity contribution is 7.89. The van der Waals surface area contributed by atoms with E-state index in [4.69, 9.17) is 11.2 Å². The van der Waals surface area contributed by atoms with Crippen LogP contribution in [-0.4, -0.2) is 69.5 Å². The first-order valence-electron chi connectivity index (χ1n) is 10.6. The Bertz CT molecular complexity index is 1140. The second-order valence-corrected chi connectivity index (χ2v) is 9.08. The number of ether oxygens (including phenoxy) is 1. The number of carbonyl (C=O) groups excluding carboxylic acids is 2. The summed E-state index contributed by atoms with van der Waals surface area (Å²) in [6, 6.07) is 9.36. The quantitative estimate of drug-likeness (QED) is 0.483. The molecule has 1 aliphatic heterocycles. The first-order chi connectivity index (χ1) is 15.9. The SMILES string of the molecule is C#CCNS(=O)(=O)c1cccc(C(=O)N2CCCN(c3ccc(C(=O)OCC)cn3)CC2)c1. The molecule has 9 nitrogen and oxygen atoms in total. The third-order valence-electron chi connectivity index (χ3n) is 5.12. The van der Waals surface area contributed by atoms with Crippen LogP contribution in [0.5, 0.6) is 0 Å². The van der Waals surface area contributed by atoms with E-state index in [2.05, 4.69) is 15.6 Å². The third-order valence-corrected chi connectivity index (χ3v) is 6.52. The number of sulfonamides is 1. The molecule has 1 aromatic carbocycles. The van der Waals surface area contributed by atoms with Crippen LogP contribution in [0, 0.1) is 12.3 Å². The molecule has 174 valence electrons. The van der Waals surface area contributed by atoms with Crippen molar-refractivity contribution < 1.29 is 22.7 Å². The third kappa shape index (κ3) is 6.09. The van der Waals surface area contributed by atoms with Crippen molar-refractivity contribution >= 4 is 27.7 Å². The average molecular weight is 471 g/mol. The maximum Gasteiger partial charge on any atom is 0.339 e. The Morgan fingerprint density at radius 3 is 2.67 bits per heavy atom. The van der Waals surface area contributed by atoms with Crippen molar-refractivity contribution in [2.45, 2.75) is 18.2 Å². The number of nitrogens with one attached hydrogen (secondary N) is 1. The Morgan fingerprint density at radius 1 is 1.15 bits per heavy atom. The van der Waals surface area contributed by atoms with Gasteiger partial charge in [-0.05, 0) is 43.7 Å². The van der Waals surface area contributed by atoms with Gasteiger partial charge in [0.2, 0.25) is 10.0 Å². The minimum Gasteiger partial charge on any atom is -0.462 e. The fourth-order valence-electron chi connectivity index (χ4n) is 3.46. The van der Waals surface area contributed by atoms with Gasteiger partial charge in [0.05, 0.1) is 23.6 Å². The molecule has 2 aromatic rings. The number of benzene rings is 1. The van der Waals surface area contributed by atoms with E-state index in [-0.39, 0.29) is 17.3 Å². The molecular formula is C23H26N4O5S. The Balaban J connectivity index is 1.67. The van der Waals surface area contributed by atoms with Crippen molar-refractivity contribution in [3.63, 3.8) is 0 Å². The molecule has 1 aliphatic rings. The van der Waals surface area contributed by atoms with Crippen LogP contribution >= 0.6 is 0 Å². The van der Waals surface area contributed by atoms with Crippen molar-refractivity contribution in [1.29, 1.82) is 0 Å². The first kappa shape index (κ1) is 24.2. The highest BCUT2D eigenvalue weighted by Gasteiger charge is 2.23. The smallest absolute Gasteiger partial charge is 0.339 e. The lowest BCUT2D eigenvalue weighted by molar-refractivity contribution is 0.0525. The van der Waals surface area contributed by atoms with Gasteiger partial charge < -0.3 is 14.5 Å². The topological polar surface area (TPSA) is 109 Å². The molecule has 1 saturated heterocycles. The summed E-state index contributed by atoms with van der Waals surface area (Å²) < 4.78 is 31.9. The summed E-state index contributed by atoms with van der Waals surface area (Å²) in [7, 11) is -3.79. The Hall–Kier alpha value is -3.42. The van der Waals surface area contributed by atoms with Crippen molar-refractivity contribution in [2.75, 3.05) is 44.2 Å². The molecule has 0 radical (unpaired) electrons. The molecule has 1 aromatic heterocycles. The van der Waals surface area contributed by atoms with Crippen molar-refractivity contribution in [3.8, 4) is 12.3 Å². The molecule has 33 heavy (non-hydrogen) atoms. The number of rotatable bonds is 7. The van der Waals surface area contributed by atoms with Crippen LogP contribution in [0.15, 0.2) is 47.5 Å². The lowest BCUT2D eigenvalue weighted by atomic mass is 10.2. The number of nitrogens with zero attached hydrogens (tertiary/aromatic N) is 3. The summed E-state index contributed by atoms with van der Waals surface area (Å²) in [5.74, 6) is 2.28. The van der Waals surface area contributed by atoms with Gasteiger partial charge >= 0.3 is 5.97 Å². The van der Waals surface area contributed by atoms with Gasteiger partial charge in [0, 0.05) is 37.9 Å². The fourth-order valence-corrected chi connectivity index (χ4v) is 4.44. The molecule has 0 spiro atoms. The van der Waals surface area contributed by atoms with Gasteiger partial charge in [-0.1, -0.05) is 12.0 Å². The fraction of sp³-hybridized carbons (Fsp3) is 0.348. The molecule has 0 saturated carbocycles. The number of esters is 1. The van der Waals surface area contributed by atoms with Crippen LogP contribution in [-0.2, 0) is 14.8 Å². The standard InChI is InChI=1S/C23H26N4O5S/c1-3-11-25-33(30,31)20-8-5-7-18(16-20)22(28)27-13-6-12-26(14-15-27)21-10-9-19(17-24-21)23(29)32-4-2/h1,5,7-10,16-17,25H,4,6,11-15H2,2H3. The summed E-state index contributed by atoms with van der Waals surface area (Å²) >= 11 is 0. The van der Waals surface area contributed by atoms with Gasteiger partial charge in [-0.2, -0.15) is 4.72 Å². The number of aromatic nitrogens is 1. The summed E-state index contributed by atoms with van der Waals surface area (Å²) in [6.07, 6.45) is 7.33. The maximum absolute atomic E-state index is 13.1. The highest BCUT2D eigenvalue weighted by atomic mass is 32.2. The summed E-state index contributed by atoms with van der Waals surface area (Å²) in [5, 5.41) is 0. The summed E-state index contributed by atoms with van der Waals surface area (Å²) in [6.45, 7) is 4.15. The maximum atomic E-state index is 13.1. The average Bonchev–Trinajstić information content (AvgIpc) is 3.09. The van der Waals surface area contributed by atoms with Crippen molar-refractivity contribution in [2.24, 2.45) is 0 Å². The van der Waals surface area contributed by atoms with E-state index >= 15 is 0 Å². The second kappa shape index (κ2) is 10.9. The molecule has 0 atom stereocenters. The number of carbonyl (C=O) groups is 2. The Labute approximate surface area is 193 Å². The molecule has 1 N–H and O–H groups in total. The second-order valence-electron chi connectivity index (χ2n) is 7.31. The van der Waals surface area contributed by atoms with Gasteiger partial charge in [-0.3, -0.25) is 4.79 Å². The van der Waals surface area contributed by atoms with E-state index in [0.717, 1.165) is 6.42 Å². The van der Waals surface area contributed by atoms with Crippen LogP contribution < -0.4 is 9.62 Å². The first-order valence-corrected chi connectivity index (χ1v) is 12.0.